The highest BCUT2D eigenvalue weighted by Gasteiger charge is 2.37. The van der Waals surface area contributed by atoms with Gasteiger partial charge in [0, 0.05) is 38.2 Å². The topological polar surface area (TPSA) is 97.2 Å². The molecule has 1 aliphatic heterocycles. The molecule has 0 saturated carbocycles. The molecular weight excluding hydrogens is 414 g/mol. The van der Waals surface area contributed by atoms with Crippen LogP contribution >= 0.6 is 0 Å². The van der Waals surface area contributed by atoms with Gasteiger partial charge >= 0.3 is 0 Å². The lowest BCUT2D eigenvalue weighted by Crippen LogP contribution is -2.30. The molecule has 3 aromatic rings. The van der Waals surface area contributed by atoms with Crippen LogP contribution in [0.3, 0.4) is 0 Å². The maximum atomic E-state index is 13.5. The van der Waals surface area contributed by atoms with Gasteiger partial charge in [0.15, 0.2) is 0 Å². The number of nitrogens with zero attached hydrogens (tertiary/aromatic N) is 4. The number of hydrogen-bond donors (Lipinski definition) is 1. The first kappa shape index (κ1) is 21.5. The first-order chi connectivity index (χ1) is 14.7. The normalized spacial score (nSPS) is 17.5. The van der Waals surface area contributed by atoms with Gasteiger partial charge in [-0.2, -0.15) is 4.31 Å². The van der Waals surface area contributed by atoms with Crippen LogP contribution in [0.5, 0.6) is 0 Å². The molecule has 1 aromatic carbocycles. The van der Waals surface area contributed by atoms with Crippen LogP contribution in [-0.4, -0.2) is 46.3 Å². The molecular formula is C22H27N5O3S. The van der Waals surface area contributed by atoms with E-state index < -0.39 is 10.0 Å². The monoisotopic (exact) mass is 441 g/mol. The van der Waals surface area contributed by atoms with Crippen LogP contribution in [0.25, 0.3) is 11.0 Å². The predicted octanol–water partition coefficient (Wildman–Crippen LogP) is 3.46. The van der Waals surface area contributed by atoms with E-state index in [-0.39, 0.29) is 22.8 Å². The zero-order chi connectivity index (χ0) is 22.3. The van der Waals surface area contributed by atoms with E-state index in [1.807, 2.05) is 19.2 Å². The fourth-order valence-corrected chi connectivity index (χ4v) is 5.95. The Balaban J connectivity index is 1.69. The molecule has 1 atom stereocenters. The maximum Gasteiger partial charge on any atom is 0.245 e. The number of carbonyl (C=O) groups is 1. The number of benzene rings is 1. The van der Waals surface area contributed by atoms with Gasteiger partial charge in [-0.3, -0.25) is 9.78 Å². The van der Waals surface area contributed by atoms with Gasteiger partial charge in [0.1, 0.15) is 10.7 Å². The number of amides is 1. The van der Waals surface area contributed by atoms with Gasteiger partial charge in [-0.25, -0.2) is 13.4 Å². The Morgan fingerprint density at radius 2 is 2.03 bits per heavy atom. The van der Waals surface area contributed by atoms with Crippen molar-refractivity contribution in [1.29, 1.82) is 0 Å². The second-order valence-electron chi connectivity index (χ2n) is 8.33. The molecule has 0 radical (unpaired) electrons. The number of imidazole rings is 1. The van der Waals surface area contributed by atoms with Crippen LogP contribution in [0.4, 0.5) is 5.69 Å². The predicted molar refractivity (Wildman–Crippen MR) is 120 cm³/mol. The third-order valence-corrected chi connectivity index (χ3v) is 7.52. The molecule has 1 aliphatic rings. The van der Waals surface area contributed by atoms with Crippen LogP contribution in [0.15, 0.2) is 41.6 Å². The number of rotatable bonds is 5. The molecule has 164 valence electrons. The average Bonchev–Trinajstić information content (AvgIpc) is 3.33. The number of sulfonamides is 1. The molecule has 31 heavy (non-hydrogen) atoms. The minimum Gasteiger partial charge on any atom is -0.325 e. The van der Waals surface area contributed by atoms with Gasteiger partial charge < -0.3 is 9.88 Å². The van der Waals surface area contributed by atoms with E-state index in [1.165, 1.54) is 11.2 Å². The molecule has 0 unspecified atom stereocenters. The lowest BCUT2D eigenvalue weighted by atomic mass is 10.1. The average molecular weight is 442 g/mol. The molecule has 1 N–H and O–H groups in total. The van der Waals surface area contributed by atoms with E-state index in [0.717, 1.165) is 22.4 Å². The Morgan fingerprint density at radius 1 is 1.26 bits per heavy atom. The van der Waals surface area contributed by atoms with Crippen LogP contribution in [-0.2, 0) is 14.8 Å². The Morgan fingerprint density at radius 3 is 2.74 bits per heavy atom. The summed E-state index contributed by atoms with van der Waals surface area (Å²) in [6.45, 7) is 8.14. The summed E-state index contributed by atoms with van der Waals surface area (Å²) in [5.41, 5.74) is 2.95. The molecule has 0 spiro atoms. The van der Waals surface area contributed by atoms with Crippen LogP contribution < -0.4 is 5.32 Å². The van der Waals surface area contributed by atoms with Crippen molar-refractivity contribution in [3.8, 4) is 0 Å². The Bertz CT molecular complexity index is 1250. The number of aromatic nitrogens is 3. The van der Waals surface area contributed by atoms with E-state index >= 15 is 0 Å². The molecule has 1 saturated heterocycles. The van der Waals surface area contributed by atoms with Gasteiger partial charge in [-0.1, -0.05) is 6.07 Å². The summed E-state index contributed by atoms with van der Waals surface area (Å²) < 4.78 is 30.6. The van der Waals surface area contributed by atoms with Gasteiger partial charge in [-0.05, 0) is 51.0 Å². The molecule has 2 aromatic heterocycles. The number of carbonyl (C=O) groups excluding carboxylic acids is 1. The maximum absolute atomic E-state index is 13.5. The molecule has 9 heteroatoms. The van der Waals surface area contributed by atoms with Crippen molar-refractivity contribution in [1.82, 2.24) is 18.8 Å². The van der Waals surface area contributed by atoms with Crippen LogP contribution in [0, 0.1) is 6.92 Å². The SMILES string of the molecule is CC(=O)Nc1ccc(C)cc1S(=O)(=O)N1CC[C@H](c2nc3ccncc3n2C(C)C)C1. The standard InChI is InChI=1S/C22H27N5O3S/c1-14(2)27-20-12-23-9-7-18(20)25-22(27)17-8-10-26(13-17)31(29,30)21-11-15(3)5-6-19(21)24-16(4)28/h5-7,9,11-12,14,17H,8,10,13H2,1-4H3,(H,24,28)/t17-/m0/s1. The summed E-state index contributed by atoms with van der Waals surface area (Å²) in [5.74, 6) is 0.569. The number of nitrogens with one attached hydrogen (secondary N) is 1. The van der Waals surface area contributed by atoms with Crippen molar-refractivity contribution >= 4 is 32.7 Å². The van der Waals surface area contributed by atoms with Gasteiger partial charge in [-0.15, -0.1) is 0 Å². The van der Waals surface area contributed by atoms with Crippen molar-refractivity contribution in [2.24, 2.45) is 0 Å². The third-order valence-electron chi connectivity index (χ3n) is 5.62. The number of pyridine rings is 1. The Kier molecular flexibility index (Phi) is 5.57. The quantitative estimate of drug-likeness (QED) is 0.654. The summed E-state index contributed by atoms with van der Waals surface area (Å²) >= 11 is 0. The molecule has 1 fully saturated rings. The highest BCUT2D eigenvalue weighted by Crippen LogP contribution is 2.35. The molecule has 1 amide bonds. The van der Waals surface area contributed by atoms with Gasteiger partial charge in [0.25, 0.3) is 0 Å². The number of fused-ring (bicyclic) bond motifs is 1. The molecule has 0 bridgehead atoms. The lowest BCUT2D eigenvalue weighted by molar-refractivity contribution is -0.114. The van der Waals surface area contributed by atoms with Crippen LogP contribution in [0.2, 0.25) is 0 Å². The third kappa shape index (κ3) is 3.95. The summed E-state index contributed by atoms with van der Waals surface area (Å²) in [4.78, 5) is 20.8. The molecule has 0 aliphatic carbocycles. The van der Waals surface area contributed by atoms with Crippen molar-refractivity contribution in [2.75, 3.05) is 18.4 Å². The van der Waals surface area contributed by atoms with E-state index in [9.17, 15) is 13.2 Å². The number of anilines is 1. The first-order valence-electron chi connectivity index (χ1n) is 10.4. The summed E-state index contributed by atoms with van der Waals surface area (Å²) in [5, 5.41) is 2.65. The fraction of sp³-hybridized carbons (Fsp3) is 0.409. The Labute approximate surface area is 182 Å². The van der Waals surface area contributed by atoms with Gasteiger partial charge in [0.05, 0.1) is 22.9 Å². The lowest BCUT2D eigenvalue weighted by Gasteiger charge is -2.20. The summed E-state index contributed by atoms with van der Waals surface area (Å²) in [7, 11) is -3.77. The minimum absolute atomic E-state index is 0.0152. The molecule has 8 nitrogen and oxygen atoms in total. The highest BCUT2D eigenvalue weighted by molar-refractivity contribution is 7.89. The smallest absolute Gasteiger partial charge is 0.245 e. The van der Waals surface area contributed by atoms with Crippen molar-refractivity contribution in [3.63, 3.8) is 0 Å². The van der Waals surface area contributed by atoms with Crippen molar-refractivity contribution in [3.05, 3.63) is 48.0 Å². The minimum atomic E-state index is -3.77. The largest absolute Gasteiger partial charge is 0.325 e. The second kappa shape index (κ2) is 8.05. The van der Waals surface area contributed by atoms with Crippen LogP contribution in [0.1, 0.15) is 50.5 Å². The number of aryl methyl sites for hydroxylation is 1. The second-order valence-corrected chi connectivity index (χ2v) is 10.2. The highest BCUT2D eigenvalue weighted by atomic mass is 32.2. The zero-order valence-corrected chi connectivity index (χ0v) is 19.0. The van der Waals surface area contributed by atoms with E-state index in [2.05, 4.69) is 28.7 Å². The fourth-order valence-electron chi connectivity index (χ4n) is 4.22. The van der Waals surface area contributed by atoms with Crippen molar-refractivity contribution in [2.45, 2.75) is 51.0 Å². The zero-order valence-electron chi connectivity index (χ0n) is 18.2. The van der Waals surface area contributed by atoms with E-state index in [1.54, 1.807) is 24.4 Å². The first-order valence-corrected chi connectivity index (χ1v) is 11.8. The summed E-state index contributed by atoms with van der Waals surface area (Å²) in [6.07, 6.45) is 4.21. The molecule has 4 rings (SSSR count). The van der Waals surface area contributed by atoms with E-state index in [4.69, 9.17) is 4.98 Å². The van der Waals surface area contributed by atoms with Gasteiger partial charge in [0.2, 0.25) is 15.9 Å². The van der Waals surface area contributed by atoms with E-state index in [0.29, 0.717) is 25.2 Å². The Hall–Kier alpha value is -2.78. The van der Waals surface area contributed by atoms with Crippen molar-refractivity contribution < 1.29 is 13.2 Å². The summed E-state index contributed by atoms with van der Waals surface area (Å²) in [6, 6.07) is 7.10. The number of hydrogen-bond acceptors (Lipinski definition) is 5. The molecule has 3 heterocycles.